The Bertz CT molecular complexity index is 1040. The van der Waals surface area contributed by atoms with Crippen LogP contribution < -0.4 is 9.47 Å². The van der Waals surface area contributed by atoms with Gasteiger partial charge in [0.1, 0.15) is 0 Å². The first-order valence-electron chi connectivity index (χ1n) is 10.5. The molecule has 4 rings (SSSR count). The number of ether oxygens (including phenoxy) is 3. The molecule has 3 aromatic rings. The Kier molecular flexibility index (Phi) is 6.17. The second kappa shape index (κ2) is 9.16. The van der Waals surface area contributed by atoms with Crippen LogP contribution in [-0.4, -0.2) is 31.8 Å². The third-order valence-electron chi connectivity index (χ3n) is 5.79. The van der Waals surface area contributed by atoms with E-state index < -0.39 is 0 Å². The third-order valence-corrected chi connectivity index (χ3v) is 5.79. The number of rotatable bonds is 6. The van der Waals surface area contributed by atoms with Gasteiger partial charge in [0.25, 0.3) is 0 Å². The van der Waals surface area contributed by atoms with Crippen molar-refractivity contribution in [1.82, 2.24) is 4.98 Å². The van der Waals surface area contributed by atoms with Crippen molar-refractivity contribution in [3.63, 3.8) is 0 Å². The number of para-hydroxylation sites is 1. The normalized spacial score (nSPS) is 14.5. The summed E-state index contributed by atoms with van der Waals surface area (Å²) in [5.74, 6) is 1.45. The van der Waals surface area contributed by atoms with Crippen LogP contribution in [0.25, 0.3) is 22.2 Å². The van der Waals surface area contributed by atoms with Gasteiger partial charge in [0.05, 0.1) is 37.6 Å². The monoisotopic (exact) mass is 405 g/mol. The summed E-state index contributed by atoms with van der Waals surface area (Å²) in [7, 11) is 3.20. The fourth-order valence-corrected chi connectivity index (χ4v) is 4.11. The van der Waals surface area contributed by atoms with Crippen molar-refractivity contribution in [1.29, 1.82) is 0 Å². The molecule has 1 aliphatic carbocycles. The first kappa shape index (κ1) is 20.2. The molecule has 0 unspecified atom stereocenters. The van der Waals surface area contributed by atoms with Crippen LogP contribution >= 0.6 is 0 Å². The summed E-state index contributed by atoms with van der Waals surface area (Å²) in [6.07, 6.45) is 6.02. The predicted molar refractivity (Wildman–Crippen MR) is 117 cm³/mol. The van der Waals surface area contributed by atoms with Gasteiger partial charge in [-0.15, -0.1) is 0 Å². The lowest BCUT2D eigenvalue weighted by Gasteiger charge is -2.21. The molecule has 0 radical (unpaired) electrons. The second-order valence-electron chi connectivity index (χ2n) is 7.74. The fourth-order valence-electron chi connectivity index (χ4n) is 4.11. The zero-order chi connectivity index (χ0) is 20.9. The zero-order valence-corrected chi connectivity index (χ0v) is 17.5. The molecule has 5 heteroatoms. The molecular formula is C25H27NO4. The van der Waals surface area contributed by atoms with Crippen LogP contribution in [0.5, 0.6) is 11.5 Å². The van der Waals surface area contributed by atoms with Crippen molar-refractivity contribution in [3.8, 4) is 22.8 Å². The maximum absolute atomic E-state index is 13.0. The van der Waals surface area contributed by atoms with Gasteiger partial charge in [-0.25, -0.2) is 9.78 Å². The van der Waals surface area contributed by atoms with Crippen molar-refractivity contribution >= 4 is 16.9 Å². The molecule has 2 aromatic carbocycles. The Morgan fingerprint density at radius 2 is 1.73 bits per heavy atom. The van der Waals surface area contributed by atoms with E-state index in [2.05, 4.69) is 0 Å². The van der Waals surface area contributed by atoms with E-state index in [9.17, 15) is 4.79 Å². The number of fused-ring (bicyclic) bond motifs is 1. The van der Waals surface area contributed by atoms with Crippen LogP contribution in [0.3, 0.4) is 0 Å². The first-order valence-corrected chi connectivity index (χ1v) is 10.5. The van der Waals surface area contributed by atoms with Gasteiger partial charge in [-0.2, -0.15) is 0 Å². The highest BCUT2D eigenvalue weighted by molar-refractivity contribution is 6.04. The van der Waals surface area contributed by atoms with Crippen molar-refractivity contribution in [3.05, 3.63) is 54.1 Å². The maximum atomic E-state index is 13.0. The highest BCUT2D eigenvalue weighted by Gasteiger charge is 2.19. The molecule has 1 heterocycles. The van der Waals surface area contributed by atoms with E-state index in [1.54, 1.807) is 14.2 Å². The maximum Gasteiger partial charge on any atom is 0.338 e. The Labute approximate surface area is 177 Å². The summed E-state index contributed by atoms with van der Waals surface area (Å²) in [5.41, 5.74) is 2.84. The van der Waals surface area contributed by atoms with E-state index in [-0.39, 0.29) is 5.97 Å². The van der Waals surface area contributed by atoms with Gasteiger partial charge in [-0.1, -0.05) is 37.5 Å². The third kappa shape index (κ3) is 4.25. The fraction of sp³-hybridized carbons (Fsp3) is 0.360. The average Bonchev–Trinajstić information content (AvgIpc) is 2.82. The Hall–Kier alpha value is -3.08. The minimum atomic E-state index is -0.291. The van der Waals surface area contributed by atoms with Gasteiger partial charge in [0, 0.05) is 10.9 Å². The quantitative estimate of drug-likeness (QED) is 0.496. The van der Waals surface area contributed by atoms with Crippen molar-refractivity contribution < 1.29 is 19.0 Å². The minimum Gasteiger partial charge on any atom is -0.493 e. The Morgan fingerprint density at radius 3 is 2.50 bits per heavy atom. The van der Waals surface area contributed by atoms with Gasteiger partial charge in [-0.05, 0) is 49.1 Å². The molecule has 0 amide bonds. The molecule has 1 fully saturated rings. The highest BCUT2D eigenvalue weighted by atomic mass is 16.5. The number of hydrogen-bond acceptors (Lipinski definition) is 5. The number of carbonyl (C=O) groups is 1. The number of hydrogen-bond donors (Lipinski definition) is 0. The number of esters is 1. The number of aromatic nitrogens is 1. The minimum absolute atomic E-state index is 0.291. The van der Waals surface area contributed by atoms with E-state index >= 15 is 0 Å². The van der Waals surface area contributed by atoms with Crippen molar-refractivity contribution in [2.45, 2.75) is 32.1 Å². The van der Waals surface area contributed by atoms with Crippen LogP contribution in [-0.2, 0) is 4.74 Å². The smallest absolute Gasteiger partial charge is 0.338 e. The summed E-state index contributed by atoms with van der Waals surface area (Å²) >= 11 is 0. The number of carbonyl (C=O) groups excluding carboxylic acids is 1. The summed E-state index contributed by atoms with van der Waals surface area (Å²) in [6, 6.07) is 15.1. The Morgan fingerprint density at radius 1 is 0.967 bits per heavy atom. The molecular weight excluding hydrogens is 378 g/mol. The predicted octanol–water partition coefficient (Wildman–Crippen LogP) is 5.66. The van der Waals surface area contributed by atoms with Crippen molar-refractivity contribution in [2.75, 3.05) is 20.8 Å². The average molecular weight is 405 g/mol. The molecule has 0 aliphatic heterocycles. The van der Waals surface area contributed by atoms with E-state index in [1.807, 2.05) is 48.5 Å². The number of methoxy groups -OCH3 is 2. The van der Waals surface area contributed by atoms with Crippen LogP contribution in [0.1, 0.15) is 42.5 Å². The molecule has 5 nitrogen and oxygen atoms in total. The van der Waals surface area contributed by atoms with Gasteiger partial charge in [0.2, 0.25) is 0 Å². The van der Waals surface area contributed by atoms with Gasteiger partial charge < -0.3 is 14.2 Å². The topological polar surface area (TPSA) is 57.7 Å². The molecule has 0 bridgehead atoms. The molecule has 0 N–H and O–H groups in total. The van der Waals surface area contributed by atoms with E-state index in [4.69, 9.17) is 19.2 Å². The number of benzene rings is 2. The molecule has 1 aromatic heterocycles. The van der Waals surface area contributed by atoms with Crippen LogP contribution in [0.2, 0.25) is 0 Å². The molecule has 156 valence electrons. The summed E-state index contributed by atoms with van der Waals surface area (Å²) in [5, 5.41) is 0.801. The van der Waals surface area contributed by atoms with Crippen LogP contribution in [0.15, 0.2) is 48.5 Å². The molecule has 0 saturated heterocycles. The molecule has 0 atom stereocenters. The zero-order valence-electron chi connectivity index (χ0n) is 17.5. The molecule has 1 aliphatic rings. The molecule has 0 spiro atoms. The first-order chi connectivity index (χ1) is 14.7. The summed E-state index contributed by atoms with van der Waals surface area (Å²) in [6.45, 7) is 0.487. The lowest BCUT2D eigenvalue weighted by Crippen LogP contribution is -2.17. The molecule has 30 heavy (non-hydrogen) atoms. The summed E-state index contributed by atoms with van der Waals surface area (Å²) < 4.78 is 16.5. The van der Waals surface area contributed by atoms with Gasteiger partial charge in [-0.3, -0.25) is 0 Å². The number of pyridine rings is 1. The molecule has 1 saturated carbocycles. The largest absolute Gasteiger partial charge is 0.493 e. The van der Waals surface area contributed by atoms with Crippen molar-refractivity contribution in [2.24, 2.45) is 5.92 Å². The van der Waals surface area contributed by atoms with Crippen LogP contribution in [0, 0.1) is 5.92 Å². The van der Waals surface area contributed by atoms with Gasteiger partial charge >= 0.3 is 5.97 Å². The van der Waals surface area contributed by atoms with Crippen LogP contribution in [0.4, 0.5) is 0 Å². The second-order valence-corrected chi connectivity index (χ2v) is 7.74. The van der Waals surface area contributed by atoms with Gasteiger partial charge in [0.15, 0.2) is 11.5 Å². The standard InChI is InChI=1S/C25H27NO4/c1-28-23-13-12-18(14-24(23)29-2)22-15-20(19-10-6-7-11-21(19)26-22)25(27)30-16-17-8-4-3-5-9-17/h6-7,10-15,17H,3-5,8-9,16H2,1-2H3. The summed E-state index contributed by atoms with van der Waals surface area (Å²) in [4.78, 5) is 17.8. The van der Waals surface area contributed by atoms with E-state index in [0.29, 0.717) is 35.3 Å². The lowest BCUT2D eigenvalue weighted by molar-refractivity contribution is 0.0412. The van der Waals surface area contributed by atoms with E-state index in [0.717, 1.165) is 29.3 Å². The number of nitrogens with zero attached hydrogens (tertiary/aromatic N) is 1. The highest BCUT2D eigenvalue weighted by Crippen LogP contribution is 2.33. The van der Waals surface area contributed by atoms with E-state index in [1.165, 1.54) is 19.3 Å². The lowest BCUT2D eigenvalue weighted by atomic mass is 9.90. The Balaban J connectivity index is 1.68. The SMILES string of the molecule is COc1ccc(-c2cc(C(=O)OCC3CCCCC3)c3ccccc3n2)cc1OC.